The predicted molar refractivity (Wildman–Crippen MR) is 202 cm³/mol. The standard InChI is InChI=1S/C44H39N3/c1-3-31-15-14-18-33(26-25-31)44(46-30(2)42-29-34-17-10-11-20-36(34)38-21-8-5-9-22-40(38)42)47-43(45)41-28-27-32-16-6-4-7-19-35(32)37-23-12-13-24-39(37)41/h4-13,15-18,20,22-26,28-29,45H,3,14,19,21,27H2,1-2H3. The summed E-state index contributed by atoms with van der Waals surface area (Å²) in [6.07, 6.45) is 32.5. The van der Waals surface area contributed by atoms with E-state index in [2.05, 4.69) is 147 Å². The van der Waals surface area contributed by atoms with E-state index in [9.17, 15) is 5.41 Å². The highest BCUT2D eigenvalue weighted by atomic mass is 15.0. The van der Waals surface area contributed by atoms with Gasteiger partial charge in [0.1, 0.15) is 0 Å². The van der Waals surface area contributed by atoms with E-state index in [0.717, 1.165) is 60.1 Å². The normalized spacial score (nSPS) is 17.5. The molecule has 0 aromatic heterocycles. The number of amidine groups is 2. The van der Waals surface area contributed by atoms with Gasteiger partial charge in [-0.1, -0.05) is 140 Å². The van der Waals surface area contributed by atoms with Gasteiger partial charge in [0.15, 0.2) is 11.7 Å². The first-order valence-corrected chi connectivity index (χ1v) is 16.6. The molecule has 0 saturated heterocycles. The van der Waals surface area contributed by atoms with Crippen LogP contribution >= 0.6 is 0 Å². The summed E-state index contributed by atoms with van der Waals surface area (Å²) in [6.45, 7) is 4.26. The minimum atomic E-state index is 0.227. The molecule has 0 saturated carbocycles. The Morgan fingerprint density at radius 3 is 2.43 bits per heavy atom. The van der Waals surface area contributed by atoms with Crippen molar-refractivity contribution in [3.63, 3.8) is 0 Å². The highest BCUT2D eigenvalue weighted by Gasteiger charge is 2.21. The molecule has 3 aromatic rings. The topological polar surface area (TPSA) is 48.6 Å². The zero-order valence-corrected chi connectivity index (χ0v) is 27.1. The average Bonchev–Trinajstić information content (AvgIpc) is 3.64. The molecular formula is C44H39N3. The van der Waals surface area contributed by atoms with E-state index >= 15 is 0 Å². The highest BCUT2D eigenvalue weighted by Crippen LogP contribution is 2.37. The molecule has 4 aliphatic rings. The lowest BCUT2D eigenvalue weighted by atomic mass is 9.90. The SMILES string of the molecule is CCC1=CCC=C(C(=NC(=N)C2=CCC3=C(CC=CC=C3)c3ccccc32)N=C(C)c2cc3ccccc3c3c2C=CC=CC3)C=C1. The van der Waals surface area contributed by atoms with Gasteiger partial charge in [-0.15, -0.1) is 0 Å². The van der Waals surface area contributed by atoms with E-state index in [4.69, 9.17) is 9.98 Å². The van der Waals surface area contributed by atoms with Gasteiger partial charge in [-0.25, -0.2) is 9.98 Å². The van der Waals surface area contributed by atoms with Crippen molar-refractivity contribution in [3.05, 3.63) is 172 Å². The van der Waals surface area contributed by atoms with Crippen molar-refractivity contribution in [1.29, 1.82) is 5.41 Å². The summed E-state index contributed by atoms with van der Waals surface area (Å²) in [5, 5.41) is 11.9. The van der Waals surface area contributed by atoms with Gasteiger partial charge >= 0.3 is 0 Å². The Labute approximate surface area is 278 Å². The second-order valence-electron chi connectivity index (χ2n) is 12.2. The summed E-state index contributed by atoms with van der Waals surface area (Å²) in [5.74, 6) is 0.789. The second kappa shape index (κ2) is 13.5. The number of benzene rings is 3. The molecule has 0 unspecified atom stereocenters. The van der Waals surface area contributed by atoms with Crippen molar-refractivity contribution >= 4 is 45.4 Å². The summed E-state index contributed by atoms with van der Waals surface area (Å²) >= 11 is 0. The molecular weight excluding hydrogens is 571 g/mol. The molecule has 3 heteroatoms. The van der Waals surface area contributed by atoms with Crippen LogP contribution in [-0.4, -0.2) is 17.4 Å². The third-order valence-electron chi connectivity index (χ3n) is 9.35. The van der Waals surface area contributed by atoms with Crippen molar-refractivity contribution in [1.82, 2.24) is 0 Å². The van der Waals surface area contributed by atoms with Crippen molar-refractivity contribution in [2.75, 3.05) is 0 Å². The molecule has 0 heterocycles. The van der Waals surface area contributed by atoms with Crippen LogP contribution < -0.4 is 0 Å². The van der Waals surface area contributed by atoms with Crippen LogP contribution in [0.2, 0.25) is 0 Å². The third-order valence-corrected chi connectivity index (χ3v) is 9.35. The zero-order valence-electron chi connectivity index (χ0n) is 27.1. The molecule has 230 valence electrons. The molecule has 4 aliphatic carbocycles. The van der Waals surface area contributed by atoms with Gasteiger partial charge in [0.25, 0.3) is 0 Å². The van der Waals surface area contributed by atoms with Crippen LogP contribution in [0.4, 0.5) is 0 Å². The van der Waals surface area contributed by atoms with Crippen molar-refractivity contribution < 1.29 is 0 Å². The molecule has 0 aliphatic heterocycles. The van der Waals surface area contributed by atoms with Gasteiger partial charge in [0, 0.05) is 22.4 Å². The highest BCUT2D eigenvalue weighted by molar-refractivity contribution is 6.28. The van der Waals surface area contributed by atoms with E-state index in [1.807, 2.05) is 0 Å². The number of hydrogen-bond acceptors (Lipinski definition) is 1. The first-order chi connectivity index (χ1) is 23.1. The molecule has 3 nitrogen and oxygen atoms in total. The lowest BCUT2D eigenvalue weighted by Gasteiger charge is -2.16. The number of aliphatic imine (C=N–C) groups is 2. The predicted octanol–water partition coefficient (Wildman–Crippen LogP) is 11.1. The van der Waals surface area contributed by atoms with Gasteiger partial charge < -0.3 is 0 Å². The minimum absolute atomic E-state index is 0.227. The van der Waals surface area contributed by atoms with Crippen LogP contribution in [0, 0.1) is 5.41 Å². The Hall–Kier alpha value is -5.41. The van der Waals surface area contributed by atoms with E-state index < -0.39 is 0 Å². The van der Waals surface area contributed by atoms with Gasteiger partial charge in [0.05, 0.1) is 0 Å². The number of nitrogens with zero attached hydrogens (tertiary/aromatic N) is 2. The monoisotopic (exact) mass is 609 g/mol. The molecule has 0 spiro atoms. The lowest BCUT2D eigenvalue weighted by Crippen LogP contribution is -2.10. The van der Waals surface area contributed by atoms with Gasteiger partial charge in [-0.3, -0.25) is 5.41 Å². The maximum Gasteiger partial charge on any atom is 0.161 e. The van der Waals surface area contributed by atoms with E-state index in [1.54, 1.807) is 0 Å². The van der Waals surface area contributed by atoms with E-state index in [0.29, 0.717) is 5.84 Å². The fourth-order valence-electron chi connectivity index (χ4n) is 6.87. The number of allylic oxidation sites excluding steroid dienone is 14. The molecule has 1 N–H and O–H groups in total. The van der Waals surface area contributed by atoms with Crippen LogP contribution in [0.25, 0.3) is 28.0 Å². The quantitative estimate of drug-likeness (QED) is 0.226. The number of fused-ring (bicyclic) bond motifs is 5. The Balaban J connectivity index is 1.35. The summed E-state index contributed by atoms with van der Waals surface area (Å²) in [7, 11) is 0. The summed E-state index contributed by atoms with van der Waals surface area (Å²) in [5.41, 5.74) is 12.4. The maximum atomic E-state index is 9.47. The molecule has 47 heavy (non-hydrogen) atoms. The molecule has 0 atom stereocenters. The fourth-order valence-corrected chi connectivity index (χ4v) is 6.87. The molecule has 0 bridgehead atoms. The minimum Gasteiger partial charge on any atom is -0.282 e. The van der Waals surface area contributed by atoms with E-state index in [-0.39, 0.29) is 5.84 Å². The van der Waals surface area contributed by atoms with Crippen LogP contribution in [0.15, 0.2) is 154 Å². The van der Waals surface area contributed by atoms with Gasteiger partial charge in [-0.05, 0) is 89.3 Å². The van der Waals surface area contributed by atoms with Gasteiger partial charge in [0.2, 0.25) is 0 Å². The molecule has 0 fully saturated rings. The van der Waals surface area contributed by atoms with Crippen LogP contribution in [0.1, 0.15) is 67.3 Å². The first-order valence-electron chi connectivity index (χ1n) is 16.6. The number of rotatable bonds is 4. The Morgan fingerprint density at radius 1 is 0.766 bits per heavy atom. The van der Waals surface area contributed by atoms with Crippen LogP contribution in [0.3, 0.4) is 0 Å². The fraction of sp³-hybridized carbons (Fsp3) is 0.159. The molecule has 3 aromatic carbocycles. The lowest BCUT2D eigenvalue weighted by molar-refractivity contribution is 1.13. The number of nitrogens with one attached hydrogen (secondary N) is 1. The smallest absolute Gasteiger partial charge is 0.161 e. The maximum absolute atomic E-state index is 9.47. The van der Waals surface area contributed by atoms with Gasteiger partial charge in [-0.2, -0.15) is 0 Å². The second-order valence-corrected chi connectivity index (χ2v) is 12.2. The Kier molecular flexibility index (Phi) is 8.70. The van der Waals surface area contributed by atoms with E-state index in [1.165, 1.54) is 44.2 Å². The average molecular weight is 610 g/mol. The largest absolute Gasteiger partial charge is 0.282 e. The Bertz CT molecular complexity index is 2130. The third kappa shape index (κ3) is 6.22. The van der Waals surface area contributed by atoms with Crippen LogP contribution in [0.5, 0.6) is 0 Å². The number of hydrogen-bond donors (Lipinski definition) is 1. The Morgan fingerprint density at radius 2 is 1.55 bits per heavy atom. The molecule has 7 rings (SSSR count). The van der Waals surface area contributed by atoms with Crippen molar-refractivity contribution in [3.8, 4) is 0 Å². The summed E-state index contributed by atoms with van der Waals surface area (Å²) in [4.78, 5) is 10.4. The van der Waals surface area contributed by atoms with Crippen molar-refractivity contribution in [2.24, 2.45) is 9.98 Å². The van der Waals surface area contributed by atoms with Crippen LogP contribution in [-0.2, 0) is 6.42 Å². The first kappa shape index (κ1) is 30.3. The summed E-state index contributed by atoms with van der Waals surface area (Å²) in [6, 6.07) is 19.3. The zero-order chi connectivity index (χ0) is 32.2. The summed E-state index contributed by atoms with van der Waals surface area (Å²) < 4.78 is 0. The molecule has 0 amide bonds. The van der Waals surface area contributed by atoms with Crippen molar-refractivity contribution in [2.45, 2.75) is 46.0 Å². The molecule has 0 radical (unpaired) electrons.